The summed E-state index contributed by atoms with van der Waals surface area (Å²) in [6.45, 7) is 0.318. The fourth-order valence-electron chi connectivity index (χ4n) is 2.65. The molecule has 0 bridgehead atoms. The monoisotopic (exact) mass is 394 g/mol. The van der Waals surface area contributed by atoms with E-state index in [4.69, 9.17) is 11.6 Å². The van der Waals surface area contributed by atoms with Crippen LogP contribution in [0.2, 0.25) is 5.02 Å². The Bertz CT molecular complexity index is 1060. The number of carbonyl (C=O) groups excluding carboxylic acids is 1. The van der Waals surface area contributed by atoms with Gasteiger partial charge in [-0.3, -0.25) is 4.79 Å². The predicted molar refractivity (Wildman–Crippen MR) is 107 cm³/mol. The molecule has 4 rings (SSSR count). The Morgan fingerprint density at radius 2 is 1.96 bits per heavy atom. The van der Waals surface area contributed by atoms with Crippen LogP contribution in [0.5, 0.6) is 0 Å². The lowest BCUT2D eigenvalue weighted by molar-refractivity contribution is 0.0950. The second-order valence-corrected chi connectivity index (χ2v) is 7.12. The topological polar surface area (TPSA) is 59.8 Å². The number of rotatable bonds is 5. The van der Waals surface area contributed by atoms with Crippen molar-refractivity contribution in [2.75, 3.05) is 0 Å². The minimum absolute atomic E-state index is 0.155. The summed E-state index contributed by atoms with van der Waals surface area (Å²) in [4.78, 5) is 12.4. The van der Waals surface area contributed by atoms with Crippen molar-refractivity contribution >= 4 is 28.8 Å². The molecule has 5 nitrogen and oxygen atoms in total. The van der Waals surface area contributed by atoms with Gasteiger partial charge >= 0.3 is 0 Å². The zero-order valence-corrected chi connectivity index (χ0v) is 15.7. The largest absolute Gasteiger partial charge is 0.346 e. The van der Waals surface area contributed by atoms with Gasteiger partial charge in [0.1, 0.15) is 5.69 Å². The number of hydrogen-bond donors (Lipinski definition) is 1. The third-order valence-corrected chi connectivity index (χ3v) is 4.95. The van der Waals surface area contributed by atoms with Crippen molar-refractivity contribution in [3.63, 3.8) is 0 Å². The van der Waals surface area contributed by atoms with Crippen LogP contribution >= 0.6 is 22.9 Å². The van der Waals surface area contributed by atoms with Gasteiger partial charge in [-0.05, 0) is 46.8 Å². The van der Waals surface area contributed by atoms with Crippen LogP contribution in [0.3, 0.4) is 0 Å². The summed E-state index contributed by atoms with van der Waals surface area (Å²) in [6, 6.07) is 17.0. The molecule has 7 heteroatoms. The molecular weight excluding hydrogens is 380 g/mol. The minimum Gasteiger partial charge on any atom is -0.346 e. The van der Waals surface area contributed by atoms with Gasteiger partial charge in [0.2, 0.25) is 0 Å². The number of benzene rings is 2. The van der Waals surface area contributed by atoms with E-state index in [1.54, 1.807) is 28.2 Å². The van der Waals surface area contributed by atoms with Crippen LogP contribution in [0.1, 0.15) is 16.1 Å². The highest BCUT2D eigenvalue weighted by molar-refractivity contribution is 7.08. The molecule has 1 N–H and O–H groups in total. The first-order valence-corrected chi connectivity index (χ1v) is 9.59. The molecule has 0 atom stereocenters. The molecule has 0 saturated heterocycles. The van der Waals surface area contributed by atoms with Crippen LogP contribution < -0.4 is 5.32 Å². The van der Waals surface area contributed by atoms with E-state index in [1.165, 1.54) is 0 Å². The molecule has 4 aromatic rings. The highest BCUT2D eigenvalue weighted by Gasteiger charge is 2.08. The lowest BCUT2D eigenvalue weighted by atomic mass is 10.0. The highest BCUT2D eigenvalue weighted by atomic mass is 35.5. The van der Waals surface area contributed by atoms with E-state index in [0.29, 0.717) is 22.8 Å². The quantitative estimate of drug-likeness (QED) is 0.539. The first-order valence-electron chi connectivity index (χ1n) is 8.27. The molecule has 0 aliphatic heterocycles. The van der Waals surface area contributed by atoms with Gasteiger partial charge in [-0.1, -0.05) is 41.1 Å². The maximum Gasteiger partial charge on any atom is 0.251 e. The number of nitrogens with one attached hydrogen (secondary N) is 1. The average molecular weight is 395 g/mol. The molecule has 27 heavy (non-hydrogen) atoms. The highest BCUT2D eigenvalue weighted by Crippen LogP contribution is 2.23. The Labute approximate surface area is 165 Å². The molecule has 0 saturated carbocycles. The standard InChI is InChI=1S/C20H15ClN4OS/c21-17-3-1-2-16(10-17)14-4-6-15(7-5-14)20(26)22-11-18-12-25(24-23-18)19-8-9-27-13-19/h1-10,12-13H,11H2,(H,22,26). The fourth-order valence-corrected chi connectivity index (χ4v) is 3.46. The Morgan fingerprint density at radius 1 is 1.11 bits per heavy atom. The van der Waals surface area contributed by atoms with E-state index in [1.807, 2.05) is 59.4 Å². The van der Waals surface area contributed by atoms with Crippen LogP contribution in [0.4, 0.5) is 0 Å². The van der Waals surface area contributed by atoms with Crippen molar-refractivity contribution in [3.8, 4) is 16.8 Å². The lowest BCUT2D eigenvalue weighted by Gasteiger charge is -2.06. The van der Waals surface area contributed by atoms with E-state index in [2.05, 4.69) is 15.6 Å². The number of aromatic nitrogens is 3. The molecule has 0 radical (unpaired) electrons. The Morgan fingerprint density at radius 3 is 2.70 bits per heavy atom. The first kappa shape index (κ1) is 17.5. The van der Waals surface area contributed by atoms with Crippen molar-refractivity contribution in [2.24, 2.45) is 0 Å². The van der Waals surface area contributed by atoms with Gasteiger partial charge in [-0.25, -0.2) is 4.68 Å². The summed E-state index contributed by atoms with van der Waals surface area (Å²) in [5.74, 6) is -0.155. The molecule has 2 aromatic carbocycles. The van der Waals surface area contributed by atoms with Gasteiger partial charge in [0, 0.05) is 16.0 Å². The Hall–Kier alpha value is -2.96. The molecule has 0 aliphatic rings. The summed E-state index contributed by atoms with van der Waals surface area (Å²) in [5.41, 5.74) is 4.27. The second-order valence-electron chi connectivity index (χ2n) is 5.91. The van der Waals surface area contributed by atoms with Gasteiger partial charge in [0.05, 0.1) is 18.4 Å². The van der Waals surface area contributed by atoms with Crippen molar-refractivity contribution in [2.45, 2.75) is 6.54 Å². The van der Waals surface area contributed by atoms with Crippen molar-refractivity contribution in [3.05, 3.63) is 87.8 Å². The predicted octanol–water partition coefficient (Wildman–Crippen LogP) is 4.58. The van der Waals surface area contributed by atoms with E-state index >= 15 is 0 Å². The molecule has 1 amide bonds. The Kier molecular flexibility index (Phi) is 5.00. The average Bonchev–Trinajstić information content (AvgIpc) is 3.38. The maximum absolute atomic E-state index is 12.4. The minimum atomic E-state index is -0.155. The van der Waals surface area contributed by atoms with Crippen molar-refractivity contribution in [1.29, 1.82) is 0 Å². The smallest absolute Gasteiger partial charge is 0.251 e. The zero-order valence-electron chi connectivity index (χ0n) is 14.2. The second kappa shape index (κ2) is 7.73. The maximum atomic E-state index is 12.4. The number of thiophene rings is 1. The van der Waals surface area contributed by atoms with E-state index in [9.17, 15) is 4.79 Å². The van der Waals surface area contributed by atoms with Gasteiger partial charge in [-0.15, -0.1) is 5.10 Å². The van der Waals surface area contributed by atoms with Crippen LogP contribution in [-0.4, -0.2) is 20.9 Å². The van der Waals surface area contributed by atoms with Crippen LogP contribution in [0, 0.1) is 0 Å². The van der Waals surface area contributed by atoms with Gasteiger partial charge in [-0.2, -0.15) is 11.3 Å². The number of halogens is 1. The molecule has 0 spiro atoms. The molecule has 2 heterocycles. The zero-order chi connectivity index (χ0) is 18.6. The number of hydrogen-bond acceptors (Lipinski definition) is 4. The molecule has 2 aromatic heterocycles. The third-order valence-electron chi connectivity index (χ3n) is 4.05. The van der Waals surface area contributed by atoms with Crippen LogP contribution in [-0.2, 0) is 6.54 Å². The van der Waals surface area contributed by atoms with Crippen molar-refractivity contribution < 1.29 is 4.79 Å². The SMILES string of the molecule is O=C(NCc1cn(-c2ccsc2)nn1)c1ccc(-c2cccc(Cl)c2)cc1. The summed E-state index contributed by atoms with van der Waals surface area (Å²) < 4.78 is 1.69. The summed E-state index contributed by atoms with van der Waals surface area (Å²) >= 11 is 7.63. The number of nitrogens with zero attached hydrogens (tertiary/aromatic N) is 3. The van der Waals surface area contributed by atoms with E-state index in [-0.39, 0.29) is 5.91 Å². The fraction of sp³-hybridized carbons (Fsp3) is 0.0500. The summed E-state index contributed by atoms with van der Waals surface area (Å²) in [6.07, 6.45) is 1.81. The number of amides is 1. The molecule has 0 fully saturated rings. The van der Waals surface area contributed by atoms with Gasteiger partial charge in [0.15, 0.2) is 0 Å². The van der Waals surface area contributed by atoms with Crippen LogP contribution in [0.15, 0.2) is 71.6 Å². The normalized spacial score (nSPS) is 10.7. The molecule has 0 aliphatic carbocycles. The molecule has 134 valence electrons. The van der Waals surface area contributed by atoms with E-state index in [0.717, 1.165) is 16.8 Å². The third kappa shape index (κ3) is 4.07. The first-order chi connectivity index (χ1) is 13.2. The van der Waals surface area contributed by atoms with E-state index < -0.39 is 0 Å². The Balaban J connectivity index is 1.40. The molecular formula is C20H15ClN4OS. The summed E-state index contributed by atoms with van der Waals surface area (Å²) in [5, 5.41) is 15.7. The number of carbonyl (C=O) groups is 1. The molecule has 0 unspecified atom stereocenters. The lowest BCUT2D eigenvalue weighted by Crippen LogP contribution is -2.22. The van der Waals surface area contributed by atoms with Crippen LogP contribution in [0.25, 0.3) is 16.8 Å². The van der Waals surface area contributed by atoms with Gasteiger partial charge < -0.3 is 5.32 Å². The van der Waals surface area contributed by atoms with Gasteiger partial charge in [0.25, 0.3) is 5.91 Å². The summed E-state index contributed by atoms with van der Waals surface area (Å²) in [7, 11) is 0. The van der Waals surface area contributed by atoms with Crippen molar-refractivity contribution in [1.82, 2.24) is 20.3 Å².